The number of unbranched alkanes of at least 4 members (excludes halogenated alkanes) is 1. The Kier molecular flexibility index (Phi) is 10.8. The van der Waals surface area contributed by atoms with Crippen molar-refractivity contribution in [1.82, 2.24) is 34.6 Å². The van der Waals surface area contributed by atoms with Crippen LogP contribution in [0.3, 0.4) is 0 Å². The predicted octanol–water partition coefficient (Wildman–Crippen LogP) is 4.10. The van der Waals surface area contributed by atoms with Gasteiger partial charge < -0.3 is 29.8 Å². The van der Waals surface area contributed by atoms with Crippen LogP contribution >= 0.6 is 0 Å². The first-order valence-electron chi connectivity index (χ1n) is 14.9. The predicted molar refractivity (Wildman–Crippen MR) is 150 cm³/mol. The van der Waals surface area contributed by atoms with Crippen molar-refractivity contribution in [1.29, 1.82) is 0 Å². The largest absolute Gasteiger partial charge is 0.481 e. The third-order valence-electron chi connectivity index (χ3n) is 8.95. The molecule has 212 valence electrons. The Morgan fingerprint density at radius 3 is 2.58 bits per heavy atom. The topological polar surface area (TPSA) is 102 Å². The third kappa shape index (κ3) is 7.90. The molecule has 2 aliphatic heterocycles. The number of nitrogens with zero attached hydrogens (tertiary/aromatic N) is 5. The molecule has 0 radical (unpaired) electrons. The van der Waals surface area contributed by atoms with E-state index in [9.17, 15) is 4.79 Å². The van der Waals surface area contributed by atoms with Crippen LogP contribution in [0.4, 0.5) is 0 Å². The summed E-state index contributed by atoms with van der Waals surface area (Å²) in [6, 6.07) is 0.800. The zero-order chi connectivity index (χ0) is 26.8. The van der Waals surface area contributed by atoms with Crippen LogP contribution in [0.2, 0.25) is 0 Å². The molecule has 2 saturated heterocycles. The van der Waals surface area contributed by atoms with E-state index in [0.29, 0.717) is 11.8 Å². The minimum atomic E-state index is -0.735. The van der Waals surface area contributed by atoms with Crippen molar-refractivity contribution in [3.05, 3.63) is 36.4 Å². The Labute approximate surface area is 228 Å². The van der Waals surface area contributed by atoms with Crippen LogP contribution < -0.4 is 5.32 Å². The summed E-state index contributed by atoms with van der Waals surface area (Å²) in [6.45, 7) is 12.6. The average Bonchev–Trinajstić information content (AvgIpc) is 3.68. The fourth-order valence-corrected chi connectivity index (χ4v) is 6.59. The van der Waals surface area contributed by atoms with Gasteiger partial charge in [0.25, 0.3) is 0 Å². The van der Waals surface area contributed by atoms with E-state index in [1.807, 2.05) is 12.4 Å². The Bertz CT molecular complexity index is 948. The third-order valence-corrected chi connectivity index (χ3v) is 8.95. The number of nitrogens with one attached hydrogen (secondary N) is 2. The van der Waals surface area contributed by atoms with E-state index in [0.717, 1.165) is 56.6 Å². The normalized spacial score (nSPS) is 19.0. The van der Waals surface area contributed by atoms with Crippen LogP contribution in [-0.2, 0) is 17.8 Å². The zero-order valence-corrected chi connectivity index (χ0v) is 23.6. The number of aromatic amines is 1. The standard InChI is InChI=1S/C29H49N7O2/c1-3-24(4-2)35-19-10-29(11-20-35)9-18-34(23-29)16-7-17-36-21-15-31-26(36)22-25(28-32-13-14-33-28)30-12-6-5-8-27(37)38/h13-15,21,24-25,30H,3-12,16-20,22-23H2,1-2H3,(H,32,33)(H,37,38). The lowest BCUT2D eigenvalue weighted by Gasteiger charge is -2.42. The van der Waals surface area contributed by atoms with Gasteiger partial charge in [0.1, 0.15) is 11.6 Å². The van der Waals surface area contributed by atoms with Crippen LogP contribution in [0.1, 0.15) is 89.3 Å². The number of carboxylic acid groups (broad SMARTS) is 1. The molecule has 1 atom stereocenters. The van der Waals surface area contributed by atoms with Crippen LogP contribution in [0, 0.1) is 5.41 Å². The van der Waals surface area contributed by atoms with Crippen molar-refractivity contribution in [2.75, 3.05) is 39.3 Å². The smallest absolute Gasteiger partial charge is 0.303 e. The van der Waals surface area contributed by atoms with Gasteiger partial charge in [-0.1, -0.05) is 13.8 Å². The minimum absolute atomic E-state index is 0.0281. The Hall–Kier alpha value is -2.23. The number of carbonyl (C=O) groups is 1. The van der Waals surface area contributed by atoms with Gasteiger partial charge in [-0.2, -0.15) is 0 Å². The van der Waals surface area contributed by atoms with E-state index in [-0.39, 0.29) is 12.5 Å². The van der Waals surface area contributed by atoms with E-state index in [2.05, 4.69) is 54.7 Å². The fraction of sp³-hybridized carbons (Fsp3) is 0.759. The van der Waals surface area contributed by atoms with Gasteiger partial charge in [-0.15, -0.1) is 0 Å². The molecule has 9 heteroatoms. The summed E-state index contributed by atoms with van der Waals surface area (Å²) in [5.41, 5.74) is 0.551. The summed E-state index contributed by atoms with van der Waals surface area (Å²) >= 11 is 0. The van der Waals surface area contributed by atoms with E-state index < -0.39 is 5.97 Å². The molecule has 0 aromatic carbocycles. The van der Waals surface area contributed by atoms with Gasteiger partial charge in [0, 0.05) is 56.8 Å². The minimum Gasteiger partial charge on any atom is -0.481 e. The number of aromatic nitrogens is 4. The van der Waals surface area contributed by atoms with Crippen LogP contribution in [0.15, 0.2) is 24.8 Å². The van der Waals surface area contributed by atoms with Crippen molar-refractivity contribution in [3.8, 4) is 0 Å². The van der Waals surface area contributed by atoms with E-state index in [1.165, 1.54) is 58.3 Å². The second-order valence-electron chi connectivity index (χ2n) is 11.5. The molecule has 3 N–H and O–H groups in total. The highest BCUT2D eigenvalue weighted by atomic mass is 16.4. The Morgan fingerprint density at radius 2 is 1.87 bits per heavy atom. The second-order valence-corrected chi connectivity index (χ2v) is 11.5. The number of likely N-dealkylation sites (tertiary alicyclic amines) is 2. The Morgan fingerprint density at radius 1 is 1.08 bits per heavy atom. The number of hydrogen-bond acceptors (Lipinski definition) is 6. The molecule has 2 aromatic rings. The molecule has 38 heavy (non-hydrogen) atoms. The summed E-state index contributed by atoms with van der Waals surface area (Å²) in [6.07, 6.45) is 17.9. The number of carboxylic acids is 1. The maximum Gasteiger partial charge on any atom is 0.303 e. The molecule has 4 rings (SSSR count). The lowest BCUT2D eigenvalue weighted by atomic mass is 9.77. The van der Waals surface area contributed by atoms with Crippen LogP contribution in [-0.4, -0.2) is 85.7 Å². The van der Waals surface area contributed by atoms with Crippen molar-refractivity contribution in [2.24, 2.45) is 5.41 Å². The highest BCUT2D eigenvalue weighted by Gasteiger charge is 2.40. The first-order valence-corrected chi connectivity index (χ1v) is 14.9. The van der Waals surface area contributed by atoms with Gasteiger partial charge in [-0.25, -0.2) is 9.97 Å². The van der Waals surface area contributed by atoms with Crippen molar-refractivity contribution in [2.45, 2.75) is 96.7 Å². The number of hydrogen-bond donors (Lipinski definition) is 3. The molecule has 9 nitrogen and oxygen atoms in total. The number of aliphatic carboxylic acids is 1. The first kappa shape index (κ1) is 28.8. The molecule has 0 bridgehead atoms. The maximum atomic E-state index is 10.8. The maximum absolute atomic E-state index is 10.8. The fourth-order valence-electron chi connectivity index (χ4n) is 6.59. The first-order chi connectivity index (χ1) is 18.5. The van der Waals surface area contributed by atoms with E-state index in [1.54, 1.807) is 6.20 Å². The molecule has 4 heterocycles. The van der Waals surface area contributed by atoms with Gasteiger partial charge >= 0.3 is 5.97 Å². The molecule has 1 unspecified atom stereocenters. The van der Waals surface area contributed by atoms with Crippen molar-refractivity contribution < 1.29 is 9.90 Å². The van der Waals surface area contributed by atoms with Crippen molar-refractivity contribution >= 4 is 5.97 Å². The average molecular weight is 528 g/mol. The van der Waals surface area contributed by atoms with Gasteiger partial charge in [0.2, 0.25) is 0 Å². The Balaban J connectivity index is 1.22. The summed E-state index contributed by atoms with van der Waals surface area (Å²) in [5.74, 6) is 1.23. The number of piperidine rings is 1. The lowest BCUT2D eigenvalue weighted by Crippen LogP contribution is -2.45. The molecule has 2 aliphatic rings. The van der Waals surface area contributed by atoms with Gasteiger partial charge in [0.05, 0.1) is 6.04 Å². The van der Waals surface area contributed by atoms with Crippen molar-refractivity contribution in [3.63, 3.8) is 0 Å². The summed E-state index contributed by atoms with van der Waals surface area (Å²) in [4.78, 5) is 28.6. The molecular formula is C29H49N7O2. The van der Waals surface area contributed by atoms with Crippen LogP contribution in [0.5, 0.6) is 0 Å². The molecule has 0 amide bonds. The van der Waals surface area contributed by atoms with E-state index >= 15 is 0 Å². The molecule has 1 spiro atoms. The zero-order valence-electron chi connectivity index (χ0n) is 23.6. The van der Waals surface area contributed by atoms with E-state index in [4.69, 9.17) is 5.11 Å². The highest BCUT2D eigenvalue weighted by Crippen LogP contribution is 2.41. The number of rotatable bonds is 16. The summed E-state index contributed by atoms with van der Waals surface area (Å²) < 4.78 is 2.29. The SMILES string of the molecule is CCC(CC)N1CCC2(CCN(CCCn3ccnc3CC(NCCCCC(=O)O)c3ncc[nH]3)C2)CC1. The number of H-pyrrole nitrogens is 1. The van der Waals surface area contributed by atoms with Crippen LogP contribution in [0.25, 0.3) is 0 Å². The monoisotopic (exact) mass is 527 g/mol. The second kappa shape index (κ2) is 14.2. The summed E-state index contributed by atoms with van der Waals surface area (Å²) in [5, 5.41) is 12.4. The molecule has 2 aromatic heterocycles. The number of imidazole rings is 2. The lowest BCUT2D eigenvalue weighted by molar-refractivity contribution is -0.137. The molecule has 0 aliphatic carbocycles. The number of aryl methyl sites for hydroxylation is 1. The molecule has 0 saturated carbocycles. The van der Waals surface area contributed by atoms with Gasteiger partial charge in [-0.05, 0) is 89.5 Å². The van der Waals surface area contributed by atoms with Gasteiger partial charge in [-0.3, -0.25) is 4.79 Å². The molecule has 2 fully saturated rings. The quantitative estimate of drug-likeness (QED) is 0.283. The highest BCUT2D eigenvalue weighted by molar-refractivity contribution is 5.66. The molecular weight excluding hydrogens is 478 g/mol. The summed E-state index contributed by atoms with van der Waals surface area (Å²) in [7, 11) is 0. The van der Waals surface area contributed by atoms with Gasteiger partial charge in [0.15, 0.2) is 0 Å².